The molecule has 2 aromatic heterocycles. The number of halogens is 2. The Kier molecular flexibility index (Phi) is 5.02. The van der Waals surface area contributed by atoms with E-state index in [2.05, 4.69) is 22.3 Å². The van der Waals surface area contributed by atoms with Gasteiger partial charge in [-0.05, 0) is 25.6 Å². The first-order valence-electron chi connectivity index (χ1n) is 6.56. The zero-order chi connectivity index (χ0) is 14.7. The van der Waals surface area contributed by atoms with Gasteiger partial charge in [-0.1, -0.05) is 30.1 Å². The minimum Gasteiger partial charge on any atom is -0.309 e. The minimum absolute atomic E-state index is 0.0148. The number of hydrogen-bond acceptors (Lipinski definition) is 3. The van der Waals surface area contributed by atoms with Crippen molar-refractivity contribution in [1.29, 1.82) is 0 Å². The molecule has 1 atom stereocenters. The summed E-state index contributed by atoms with van der Waals surface area (Å²) in [6, 6.07) is 3.70. The summed E-state index contributed by atoms with van der Waals surface area (Å²) in [6.07, 6.45) is 2.45. The quantitative estimate of drug-likeness (QED) is 0.921. The van der Waals surface area contributed by atoms with Gasteiger partial charge in [-0.25, -0.2) is 0 Å². The van der Waals surface area contributed by atoms with Crippen molar-refractivity contribution in [2.75, 3.05) is 6.54 Å². The Morgan fingerprint density at radius 2 is 2.15 bits per heavy atom. The third-order valence-electron chi connectivity index (χ3n) is 3.23. The summed E-state index contributed by atoms with van der Waals surface area (Å²) in [4.78, 5) is 4.39. The molecule has 0 amide bonds. The molecule has 0 aromatic carbocycles. The van der Waals surface area contributed by atoms with Crippen LogP contribution in [0.15, 0.2) is 18.3 Å². The molecule has 2 heterocycles. The third kappa shape index (κ3) is 3.14. The lowest BCUT2D eigenvalue weighted by Crippen LogP contribution is -2.25. The number of nitrogens with zero attached hydrogens (tertiary/aromatic N) is 3. The predicted molar refractivity (Wildman–Crippen MR) is 82.3 cm³/mol. The van der Waals surface area contributed by atoms with Crippen molar-refractivity contribution in [3.8, 4) is 0 Å². The van der Waals surface area contributed by atoms with E-state index in [0.717, 1.165) is 23.6 Å². The van der Waals surface area contributed by atoms with Gasteiger partial charge in [0.2, 0.25) is 0 Å². The molecule has 0 saturated heterocycles. The molecule has 108 valence electrons. The Labute approximate surface area is 129 Å². The average molecular weight is 313 g/mol. The number of aromatic nitrogens is 3. The molecule has 0 fully saturated rings. The van der Waals surface area contributed by atoms with Gasteiger partial charge in [0.1, 0.15) is 0 Å². The van der Waals surface area contributed by atoms with Crippen LogP contribution in [0.1, 0.15) is 30.0 Å². The molecule has 0 aliphatic heterocycles. The number of nitrogens with one attached hydrogen (secondary N) is 1. The number of pyridine rings is 1. The molecule has 0 spiro atoms. The standard InChI is InChI=1S/C14H18Cl2N4/c1-4-17-11(14-10(15)6-5-7-18-14)8-12-13(16)9(2)19-20(12)3/h5-7,11,17H,4,8H2,1-3H3. The number of rotatable bonds is 5. The smallest absolute Gasteiger partial charge is 0.0847 e. The van der Waals surface area contributed by atoms with Crippen molar-refractivity contribution in [2.24, 2.45) is 7.05 Å². The van der Waals surface area contributed by atoms with Crippen molar-refractivity contribution in [3.63, 3.8) is 0 Å². The van der Waals surface area contributed by atoms with E-state index in [4.69, 9.17) is 23.2 Å². The summed E-state index contributed by atoms with van der Waals surface area (Å²) >= 11 is 12.6. The zero-order valence-corrected chi connectivity index (χ0v) is 13.3. The van der Waals surface area contributed by atoms with Gasteiger partial charge in [0.25, 0.3) is 0 Å². The lowest BCUT2D eigenvalue weighted by Gasteiger charge is -2.18. The molecular weight excluding hydrogens is 295 g/mol. The van der Waals surface area contributed by atoms with Crippen LogP contribution in [0.4, 0.5) is 0 Å². The lowest BCUT2D eigenvalue weighted by atomic mass is 10.1. The maximum atomic E-state index is 6.32. The van der Waals surface area contributed by atoms with Crippen molar-refractivity contribution < 1.29 is 0 Å². The van der Waals surface area contributed by atoms with Crippen LogP contribution < -0.4 is 5.32 Å². The van der Waals surface area contributed by atoms with Crippen LogP contribution in [0.5, 0.6) is 0 Å². The predicted octanol–water partition coefficient (Wildman–Crippen LogP) is 3.32. The second-order valence-electron chi connectivity index (χ2n) is 4.65. The number of hydrogen-bond donors (Lipinski definition) is 1. The van der Waals surface area contributed by atoms with Gasteiger partial charge in [0.05, 0.1) is 33.2 Å². The second-order valence-corrected chi connectivity index (χ2v) is 5.44. The highest BCUT2D eigenvalue weighted by molar-refractivity contribution is 6.32. The number of aryl methyl sites for hydroxylation is 2. The molecule has 0 aliphatic carbocycles. The van der Waals surface area contributed by atoms with E-state index in [0.29, 0.717) is 16.5 Å². The Balaban J connectivity index is 2.33. The highest BCUT2D eigenvalue weighted by atomic mass is 35.5. The Hall–Kier alpha value is -1.10. The van der Waals surface area contributed by atoms with Gasteiger partial charge >= 0.3 is 0 Å². The molecular formula is C14H18Cl2N4. The van der Waals surface area contributed by atoms with Crippen molar-refractivity contribution in [3.05, 3.63) is 45.5 Å². The van der Waals surface area contributed by atoms with E-state index >= 15 is 0 Å². The molecule has 4 nitrogen and oxygen atoms in total. The Morgan fingerprint density at radius 1 is 1.40 bits per heavy atom. The van der Waals surface area contributed by atoms with Crippen LogP contribution in [0.3, 0.4) is 0 Å². The number of likely N-dealkylation sites (N-methyl/N-ethyl adjacent to an activating group) is 1. The lowest BCUT2D eigenvalue weighted by molar-refractivity contribution is 0.518. The normalized spacial score (nSPS) is 12.7. The van der Waals surface area contributed by atoms with E-state index in [1.165, 1.54) is 0 Å². The largest absolute Gasteiger partial charge is 0.309 e. The summed E-state index contributed by atoms with van der Waals surface area (Å²) in [6.45, 7) is 4.79. The zero-order valence-electron chi connectivity index (χ0n) is 11.8. The fourth-order valence-electron chi connectivity index (χ4n) is 2.26. The van der Waals surface area contributed by atoms with Crippen LogP contribution in [-0.2, 0) is 13.5 Å². The van der Waals surface area contributed by atoms with Crippen LogP contribution in [0, 0.1) is 6.92 Å². The van der Waals surface area contributed by atoms with Gasteiger partial charge < -0.3 is 5.32 Å². The molecule has 0 bridgehead atoms. The monoisotopic (exact) mass is 312 g/mol. The fourth-order valence-corrected chi connectivity index (χ4v) is 2.75. The van der Waals surface area contributed by atoms with Gasteiger partial charge in [0, 0.05) is 19.7 Å². The van der Waals surface area contributed by atoms with Crippen LogP contribution >= 0.6 is 23.2 Å². The molecule has 2 aromatic rings. The van der Waals surface area contributed by atoms with Crippen molar-refractivity contribution in [2.45, 2.75) is 26.3 Å². The summed E-state index contributed by atoms with van der Waals surface area (Å²) in [7, 11) is 1.90. The van der Waals surface area contributed by atoms with Gasteiger partial charge in [-0.3, -0.25) is 9.67 Å². The first kappa shape index (κ1) is 15.3. The Morgan fingerprint density at radius 3 is 2.70 bits per heavy atom. The van der Waals surface area contributed by atoms with E-state index in [-0.39, 0.29) is 6.04 Å². The van der Waals surface area contributed by atoms with Crippen molar-refractivity contribution in [1.82, 2.24) is 20.1 Å². The molecule has 1 N–H and O–H groups in total. The topological polar surface area (TPSA) is 42.7 Å². The SMILES string of the molecule is CCNC(Cc1c(Cl)c(C)nn1C)c1ncccc1Cl. The van der Waals surface area contributed by atoms with Crippen LogP contribution in [0.2, 0.25) is 10.0 Å². The molecule has 6 heteroatoms. The van der Waals surface area contributed by atoms with Crippen molar-refractivity contribution >= 4 is 23.2 Å². The van der Waals surface area contributed by atoms with Crippen LogP contribution in [-0.4, -0.2) is 21.3 Å². The highest BCUT2D eigenvalue weighted by Crippen LogP contribution is 2.27. The maximum absolute atomic E-state index is 6.32. The molecule has 0 saturated carbocycles. The molecule has 1 unspecified atom stereocenters. The summed E-state index contributed by atoms with van der Waals surface area (Å²) < 4.78 is 1.82. The minimum atomic E-state index is 0.0148. The van der Waals surface area contributed by atoms with Crippen LogP contribution in [0.25, 0.3) is 0 Å². The van der Waals surface area contributed by atoms with E-state index in [1.807, 2.05) is 30.8 Å². The molecule has 2 rings (SSSR count). The van der Waals surface area contributed by atoms with Gasteiger partial charge in [0.15, 0.2) is 0 Å². The summed E-state index contributed by atoms with van der Waals surface area (Å²) in [5.74, 6) is 0. The molecule has 0 radical (unpaired) electrons. The van der Waals surface area contributed by atoms with Gasteiger partial charge in [-0.15, -0.1) is 0 Å². The summed E-state index contributed by atoms with van der Waals surface area (Å²) in [5.41, 5.74) is 2.66. The first-order chi connectivity index (χ1) is 9.54. The fraction of sp³-hybridized carbons (Fsp3) is 0.429. The van der Waals surface area contributed by atoms with E-state index in [9.17, 15) is 0 Å². The Bertz CT molecular complexity index is 595. The summed E-state index contributed by atoms with van der Waals surface area (Å²) in [5, 5.41) is 9.12. The average Bonchev–Trinajstić information content (AvgIpc) is 2.65. The molecule has 20 heavy (non-hydrogen) atoms. The third-order valence-corrected chi connectivity index (χ3v) is 4.04. The highest BCUT2D eigenvalue weighted by Gasteiger charge is 2.20. The second kappa shape index (κ2) is 6.57. The van der Waals surface area contributed by atoms with Gasteiger partial charge in [-0.2, -0.15) is 5.10 Å². The first-order valence-corrected chi connectivity index (χ1v) is 7.32. The van der Waals surface area contributed by atoms with E-state index in [1.54, 1.807) is 6.20 Å². The van der Waals surface area contributed by atoms with E-state index < -0.39 is 0 Å². The maximum Gasteiger partial charge on any atom is 0.0847 e. The molecule has 0 aliphatic rings.